The third-order valence-electron chi connectivity index (χ3n) is 11.1. The Kier molecular flexibility index (Phi) is 8.24. The van der Waals surface area contributed by atoms with E-state index in [0.29, 0.717) is 19.3 Å². The van der Waals surface area contributed by atoms with E-state index in [4.69, 9.17) is 4.98 Å². The molecule has 1 aromatic carbocycles. The van der Waals surface area contributed by atoms with Crippen LogP contribution in [0.3, 0.4) is 0 Å². The van der Waals surface area contributed by atoms with Crippen LogP contribution in [0.15, 0.2) is 46.3 Å². The summed E-state index contributed by atoms with van der Waals surface area (Å²) in [4.78, 5) is 42.8. The number of amides is 1. The highest BCUT2D eigenvalue weighted by Gasteiger charge is 2.68. The highest BCUT2D eigenvalue weighted by atomic mass is 32.2. The van der Waals surface area contributed by atoms with Crippen molar-refractivity contribution < 1.29 is 24.6 Å². The standard InChI is InChI=1S/C34H42N2O5S2/c1-4-5-6-7-29(40)35-21-9-11-25-27(17-21)43-31(36-25)42-19-28(39)34(41)15-13-24-23-10-8-20-16-22(37)12-14-32(20,2)30(23)26(38)18-33(24,34)3/h9,11-12,14,16-17,23-24,26,30,38,41H,4-8,10,13,15,18-19H2,1-3H3,(H,35,40)/t23?,24?,26-,30?,32?,33?,34-/m0/s1. The smallest absolute Gasteiger partial charge is 0.224 e. The van der Waals surface area contributed by atoms with Gasteiger partial charge in [-0.3, -0.25) is 14.4 Å². The highest BCUT2D eigenvalue weighted by molar-refractivity contribution is 8.01. The number of carbonyl (C=O) groups excluding carboxylic acids is 3. The molecule has 5 unspecified atom stereocenters. The average molecular weight is 623 g/mol. The van der Waals surface area contributed by atoms with E-state index in [2.05, 4.69) is 19.2 Å². The van der Waals surface area contributed by atoms with E-state index < -0.39 is 17.1 Å². The fourth-order valence-corrected chi connectivity index (χ4v) is 10.9. The molecule has 3 saturated carbocycles. The number of Topliss-reactive ketones (excluding diaryl/α,β-unsaturated/α-hetero) is 1. The molecule has 4 aliphatic rings. The number of anilines is 1. The molecule has 9 heteroatoms. The van der Waals surface area contributed by atoms with E-state index in [0.717, 1.165) is 64.3 Å². The van der Waals surface area contributed by atoms with E-state index in [1.807, 2.05) is 31.2 Å². The second-order valence-electron chi connectivity index (χ2n) is 13.5. The van der Waals surface area contributed by atoms with Crippen molar-refractivity contribution in [1.82, 2.24) is 4.98 Å². The van der Waals surface area contributed by atoms with Gasteiger partial charge in [0, 0.05) is 28.9 Å². The van der Waals surface area contributed by atoms with Gasteiger partial charge in [-0.15, -0.1) is 11.3 Å². The van der Waals surface area contributed by atoms with Gasteiger partial charge in [-0.05, 0) is 80.7 Å². The molecule has 1 amide bonds. The summed E-state index contributed by atoms with van der Waals surface area (Å²) in [5, 5.41) is 26.7. The van der Waals surface area contributed by atoms with E-state index in [9.17, 15) is 24.6 Å². The Morgan fingerprint density at radius 1 is 1.21 bits per heavy atom. The molecule has 4 aliphatic carbocycles. The molecule has 1 aromatic heterocycles. The topological polar surface area (TPSA) is 117 Å². The van der Waals surface area contributed by atoms with Crippen LogP contribution in [-0.4, -0.2) is 50.1 Å². The zero-order chi connectivity index (χ0) is 30.6. The normalized spacial score (nSPS) is 34.8. The molecule has 43 heavy (non-hydrogen) atoms. The Balaban J connectivity index is 1.14. The van der Waals surface area contributed by atoms with Crippen molar-refractivity contribution in [3.63, 3.8) is 0 Å². The molecule has 1 heterocycles. The van der Waals surface area contributed by atoms with Crippen LogP contribution in [0.1, 0.15) is 78.6 Å². The summed E-state index contributed by atoms with van der Waals surface area (Å²) in [5.74, 6) is 0.208. The number of nitrogens with zero attached hydrogens (tertiary/aromatic N) is 1. The number of unbranched alkanes of at least 4 members (excludes halogenated alkanes) is 2. The van der Waals surface area contributed by atoms with Crippen LogP contribution < -0.4 is 5.32 Å². The van der Waals surface area contributed by atoms with Crippen LogP contribution in [0, 0.1) is 28.6 Å². The molecular formula is C34H42N2O5S2. The van der Waals surface area contributed by atoms with Gasteiger partial charge in [-0.25, -0.2) is 4.98 Å². The van der Waals surface area contributed by atoms with Gasteiger partial charge in [-0.2, -0.15) is 0 Å². The molecule has 0 saturated heterocycles. The number of rotatable bonds is 9. The SMILES string of the molecule is CCCCCC(=O)Nc1ccc2nc(SCC(=O)[C@@]3(O)CCC4C5CCC6=CC(=O)C=CC6(C)C5[C@@H](O)CC43C)sc2c1. The molecular weight excluding hydrogens is 581 g/mol. The van der Waals surface area contributed by atoms with E-state index >= 15 is 0 Å². The van der Waals surface area contributed by atoms with Crippen molar-refractivity contribution in [3.8, 4) is 0 Å². The predicted molar refractivity (Wildman–Crippen MR) is 171 cm³/mol. The first-order chi connectivity index (χ1) is 20.5. The minimum absolute atomic E-state index is 0.0116. The first kappa shape index (κ1) is 30.7. The van der Waals surface area contributed by atoms with Crippen molar-refractivity contribution in [3.05, 3.63) is 42.0 Å². The van der Waals surface area contributed by atoms with Crippen LogP contribution in [0.2, 0.25) is 0 Å². The number of fused-ring (bicyclic) bond motifs is 6. The lowest BCUT2D eigenvalue weighted by Gasteiger charge is -2.59. The van der Waals surface area contributed by atoms with Crippen LogP contribution in [0.25, 0.3) is 10.2 Å². The lowest BCUT2D eigenvalue weighted by Crippen LogP contribution is -2.61. The fraction of sp³-hybridized carbons (Fsp3) is 0.588. The summed E-state index contributed by atoms with van der Waals surface area (Å²) in [6.07, 6.45) is 11.4. The largest absolute Gasteiger partial charge is 0.393 e. The van der Waals surface area contributed by atoms with Crippen molar-refractivity contribution >= 4 is 56.5 Å². The second kappa shape index (κ2) is 11.5. The number of benzene rings is 1. The van der Waals surface area contributed by atoms with Gasteiger partial charge in [0.15, 0.2) is 15.9 Å². The zero-order valence-corrected chi connectivity index (χ0v) is 26.9. The molecule has 2 aromatic rings. The second-order valence-corrected chi connectivity index (χ2v) is 15.7. The summed E-state index contributed by atoms with van der Waals surface area (Å²) in [7, 11) is 0. The quantitative estimate of drug-likeness (QED) is 0.216. The minimum Gasteiger partial charge on any atom is -0.393 e. The highest BCUT2D eigenvalue weighted by Crippen LogP contribution is 2.67. The number of aliphatic hydroxyl groups is 2. The van der Waals surface area contributed by atoms with Gasteiger partial charge in [0.2, 0.25) is 5.91 Å². The molecule has 0 spiro atoms. The fourth-order valence-electron chi connectivity index (χ4n) is 8.84. The summed E-state index contributed by atoms with van der Waals surface area (Å²) >= 11 is 2.83. The van der Waals surface area contributed by atoms with Crippen molar-refractivity contribution in [1.29, 1.82) is 0 Å². The lowest BCUT2D eigenvalue weighted by atomic mass is 9.46. The van der Waals surface area contributed by atoms with Gasteiger partial charge in [0.05, 0.1) is 22.1 Å². The molecule has 3 fully saturated rings. The monoisotopic (exact) mass is 622 g/mol. The molecule has 230 valence electrons. The molecule has 7 nitrogen and oxygen atoms in total. The maximum absolute atomic E-state index is 13.8. The Labute approximate surface area is 261 Å². The van der Waals surface area contributed by atoms with Gasteiger partial charge >= 0.3 is 0 Å². The Hall–Kier alpha value is -2.33. The first-order valence-electron chi connectivity index (χ1n) is 15.7. The summed E-state index contributed by atoms with van der Waals surface area (Å²) in [6.45, 7) is 6.26. The van der Waals surface area contributed by atoms with Crippen LogP contribution in [0.4, 0.5) is 5.69 Å². The van der Waals surface area contributed by atoms with Gasteiger partial charge < -0.3 is 15.5 Å². The minimum atomic E-state index is -1.50. The summed E-state index contributed by atoms with van der Waals surface area (Å²) < 4.78 is 1.69. The molecule has 3 N–H and O–H groups in total. The third kappa shape index (κ3) is 5.24. The predicted octanol–water partition coefficient (Wildman–Crippen LogP) is 6.49. The maximum atomic E-state index is 13.8. The van der Waals surface area contributed by atoms with Gasteiger partial charge in [0.1, 0.15) is 5.60 Å². The number of aliphatic hydroxyl groups excluding tert-OH is 1. The molecule has 6 rings (SSSR count). The number of hydrogen-bond donors (Lipinski definition) is 3. The van der Waals surface area contributed by atoms with E-state index in [-0.39, 0.29) is 46.4 Å². The molecule has 7 atom stereocenters. The Morgan fingerprint density at radius 2 is 2.02 bits per heavy atom. The molecule has 0 bridgehead atoms. The lowest BCUT2D eigenvalue weighted by molar-refractivity contribution is -0.174. The maximum Gasteiger partial charge on any atom is 0.224 e. The van der Waals surface area contributed by atoms with Gasteiger partial charge in [0.25, 0.3) is 0 Å². The van der Waals surface area contributed by atoms with E-state index in [1.165, 1.54) is 23.1 Å². The van der Waals surface area contributed by atoms with Crippen LogP contribution >= 0.6 is 23.1 Å². The number of nitrogens with one attached hydrogen (secondary N) is 1. The number of carbonyl (C=O) groups is 3. The zero-order valence-electron chi connectivity index (χ0n) is 25.2. The number of thioether (sulfide) groups is 1. The number of hydrogen-bond acceptors (Lipinski definition) is 8. The number of allylic oxidation sites excluding steroid dienone is 4. The summed E-state index contributed by atoms with van der Waals surface area (Å²) in [5.41, 5.74) is 0.0694. The summed E-state index contributed by atoms with van der Waals surface area (Å²) in [6, 6.07) is 5.67. The Morgan fingerprint density at radius 3 is 2.81 bits per heavy atom. The Bertz CT molecular complexity index is 1520. The number of aromatic nitrogens is 1. The van der Waals surface area contributed by atoms with Crippen molar-refractivity contribution in [2.24, 2.45) is 28.6 Å². The van der Waals surface area contributed by atoms with E-state index in [1.54, 1.807) is 12.2 Å². The van der Waals surface area contributed by atoms with Crippen LogP contribution in [0.5, 0.6) is 0 Å². The van der Waals surface area contributed by atoms with Crippen molar-refractivity contribution in [2.75, 3.05) is 11.1 Å². The van der Waals surface area contributed by atoms with Crippen molar-refractivity contribution in [2.45, 2.75) is 94.6 Å². The van der Waals surface area contributed by atoms with Gasteiger partial charge in [-0.1, -0.05) is 57.0 Å². The molecule has 0 radical (unpaired) electrons. The number of thiazole rings is 1. The first-order valence-corrected chi connectivity index (χ1v) is 17.5. The van der Waals surface area contributed by atoms with Crippen LogP contribution in [-0.2, 0) is 14.4 Å². The third-order valence-corrected chi connectivity index (χ3v) is 13.3. The number of ketones is 2. The molecule has 0 aliphatic heterocycles. The average Bonchev–Trinajstić information content (AvgIpc) is 3.49.